The highest BCUT2D eigenvalue weighted by Crippen LogP contribution is 2.49. The molecule has 0 atom stereocenters. The molecular formula is C49H49Br2N3O2. The molecule has 2 heterocycles. The van der Waals surface area contributed by atoms with Crippen molar-refractivity contribution in [2.75, 3.05) is 13.2 Å². The average Bonchev–Trinajstić information content (AvgIpc) is 3.55. The summed E-state index contributed by atoms with van der Waals surface area (Å²) in [6, 6.07) is 31.8. The van der Waals surface area contributed by atoms with E-state index < -0.39 is 0 Å². The van der Waals surface area contributed by atoms with Gasteiger partial charge < -0.3 is 9.47 Å². The summed E-state index contributed by atoms with van der Waals surface area (Å²) < 4.78 is 14.0. The Labute approximate surface area is 347 Å². The molecule has 0 N–H and O–H groups in total. The minimum atomic E-state index is 0.726. The standard InChI is InChI=1S/C49H49Br2N3O2/c1-3-5-7-9-11-13-29-55-35-25-21-33(22-26-35)44-45(34-23-27-36(28-24-34)56-30-14-12-10-8-6-4-2)53-49-43(51)47-40(42(50)48(49)52-44)31-39-37-19-15-17-32-18-16-20-38(41(32)37)46(39)54-47/h15-28,31H,3-14,29-30H2,1-2H3. The molecule has 56 heavy (non-hydrogen) atoms. The van der Waals surface area contributed by atoms with E-state index >= 15 is 0 Å². The van der Waals surface area contributed by atoms with Gasteiger partial charge in [-0.05, 0) is 116 Å². The van der Waals surface area contributed by atoms with Crippen LogP contribution in [0.4, 0.5) is 0 Å². The van der Waals surface area contributed by atoms with Gasteiger partial charge in [0.15, 0.2) is 0 Å². The number of benzene rings is 5. The van der Waals surface area contributed by atoms with Crippen molar-refractivity contribution in [2.24, 2.45) is 0 Å². The maximum atomic E-state index is 6.16. The fourth-order valence-electron chi connectivity index (χ4n) is 7.97. The number of aromatic nitrogens is 3. The molecule has 5 nitrogen and oxygen atoms in total. The normalized spacial score (nSPS) is 11.9. The number of ether oxygens (including phenoxy) is 2. The molecule has 0 saturated heterocycles. The van der Waals surface area contributed by atoms with E-state index in [0.717, 1.165) is 102 Å². The summed E-state index contributed by atoms with van der Waals surface area (Å²) in [6.45, 7) is 5.96. The van der Waals surface area contributed by atoms with Gasteiger partial charge in [-0.3, -0.25) is 0 Å². The zero-order valence-electron chi connectivity index (χ0n) is 32.5. The summed E-state index contributed by atoms with van der Waals surface area (Å²) in [7, 11) is 0. The van der Waals surface area contributed by atoms with Crippen molar-refractivity contribution in [3.63, 3.8) is 0 Å². The second-order valence-electron chi connectivity index (χ2n) is 15.0. The van der Waals surface area contributed by atoms with Crippen LogP contribution in [0.2, 0.25) is 0 Å². The number of nitrogens with zero attached hydrogens (tertiary/aromatic N) is 3. The molecule has 0 spiro atoms. The van der Waals surface area contributed by atoms with E-state index in [0.29, 0.717) is 0 Å². The third kappa shape index (κ3) is 7.95. The predicted octanol–water partition coefficient (Wildman–Crippen LogP) is 15.3. The second-order valence-corrected chi connectivity index (χ2v) is 16.6. The number of unbranched alkanes of at least 4 members (excludes halogenated alkanes) is 10. The van der Waals surface area contributed by atoms with Crippen molar-refractivity contribution < 1.29 is 9.47 Å². The highest BCUT2D eigenvalue weighted by Gasteiger charge is 2.26. The number of fused-ring (bicyclic) bond motifs is 5. The van der Waals surface area contributed by atoms with Gasteiger partial charge in [-0.15, -0.1) is 0 Å². The van der Waals surface area contributed by atoms with Gasteiger partial charge in [-0.1, -0.05) is 114 Å². The largest absolute Gasteiger partial charge is 0.494 e. The zero-order chi connectivity index (χ0) is 38.4. The Bertz CT molecular complexity index is 2310. The Hall–Kier alpha value is -4.33. The fourth-order valence-corrected chi connectivity index (χ4v) is 9.13. The maximum absolute atomic E-state index is 6.16. The number of pyridine rings is 1. The van der Waals surface area contributed by atoms with Crippen LogP contribution in [0.3, 0.4) is 0 Å². The van der Waals surface area contributed by atoms with Crippen LogP contribution in [0.15, 0.2) is 99.9 Å². The Kier molecular flexibility index (Phi) is 12.3. The van der Waals surface area contributed by atoms with Gasteiger partial charge >= 0.3 is 0 Å². The molecular weight excluding hydrogens is 822 g/mol. The molecule has 0 amide bonds. The summed E-state index contributed by atoms with van der Waals surface area (Å²) in [5.41, 5.74) is 10.4. The molecule has 0 radical (unpaired) electrons. The Balaban J connectivity index is 1.15. The average molecular weight is 872 g/mol. The Morgan fingerprint density at radius 3 is 1.50 bits per heavy atom. The summed E-state index contributed by atoms with van der Waals surface area (Å²) in [5, 5.41) is 3.47. The minimum absolute atomic E-state index is 0.726. The molecule has 286 valence electrons. The number of hydrogen-bond donors (Lipinski definition) is 0. The van der Waals surface area contributed by atoms with Gasteiger partial charge in [0.25, 0.3) is 0 Å². The van der Waals surface area contributed by atoms with Crippen molar-refractivity contribution in [2.45, 2.75) is 90.9 Å². The summed E-state index contributed by atoms with van der Waals surface area (Å²) in [4.78, 5) is 16.2. The van der Waals surface area contributed by atoms with Crippen molar-refractivity contribution in [3.05, 3.63) is 99.9 Å². The lowest BCUT2D eigenvalue weighted by Gasteiger charge is -2.16. The first-order valence-electron chi connectivity index (χ1n) is 20.6. The van der Waals surface area contributed by atoms with Crippen LogP contribution < -0.4 is 9.47 Å². The fraction of sp³-hybridized carbons (Fsp3) is 0.327. The SMILES string of the molecule is CCCCCCCCOc1ccc(-c2nc3c(Br)c4cc5c(nc4c(Br)c3nc2-c2ccc(OCCCCCCCC)cc2)-c2cccc3cccc-5c23)cc1. The summed E-state index contributed by atoms with van der Waals surface area (Å²) in [5.74, 6) is 1.74. The molecule has 5 aromatic carbocycles. The quantitative estimate of drug-likeness (QED) is 0.0635. The minimum Gasteiger partial charge on any atom is -0.494 e. The summed E-state index contributed by atoms with van der Waals surface area (Å²) >= 11 is 7.99. The van der Waals surface area contributed by atoms with Crippen molar-refractivity contribution >= 4 is 64.6 Å². The predicted molar refractivity (Wildman–Crippen MR) is 241 cm³/mol. The van der Waals surface area contributed by atoms with Gasteiger partial charge in [0.05, 0.1) is 44.8 Å². The lowest BCUT2D eigenvalue weighted by atomic mass is 10.0. The van der Waals surface area contributed by atoms with Gasteiger partial charge in [0, 0.05) is 27.6 Å². The van der Waals surface area contributed by atoms with Crippen molar-refractivity contribution in [3.8, 4) is 56.4 Å². The van der Waals surface area contributed by atoms with Crippen LogP contribution in [0.1, 0.15) is 90.9 Å². The van der Waals surface area contributed by atoms with E-state index in [1.54, 1.807) is 0 Å². The topological polar surface area (TPSA) is 57.1 Å². The van der Waals surface area contributed by atoms with Crippen LogP contribution in [0.25, 0.3) is 77.6 Å². The van der Waals surface area contributed by atoms with Gasteiger partial charge in [-0.2, -0.15) is 0 Å². The molecule has 2 aromatic heterocycles. The highest BCUT2D eigenvalue weighted by molar-refractivity contribution is 9.11. The van der Waals surface area contributed by atoms with E-state index in [1.165, 1.54) is 86.1 Å². The molecule has 1 aliphatic carbocycles. The Morgan fingerprint density at radius 2 is 0.946 bits per heavy atom. The van der Waals surface area contributed by atoms with Crippen LogP contribution in [-0.4, -0.2) is 28.2 Å². The van der Waals surface area contributed by atoms with Crippen LogP contribution >= 0.6 is 31.9 Å². The van der Waals surface area contributed by atoms with E-state index in [9.17, 15) is 0 Å². The first kappa shape index (κ1) is 38.5. The number of halogens is 2. The van der Waals surface area contributed by atoms with E-state index in [2.05, 4.69) is 137 Å². The van der Waals surface area contributed by atoms with Crippen LogP contribution in [0.5, 0.6) is 11.5 Å². The summed E-state index contributed by atoms with van der Waals surface area (Å²) in [6.07, 6.45) is 14.9. The first-order valence-corrected chi connectivity index (χ1v) is 22.2. The molecule has 1 aliphatic rings. The second kappa shape index (κ2) is 17.9. The monoisotopic (exact) mass is 869 g/mol. The zero-order valence-corrected chi connectivity index (χ0v) is 35.6. The van der Waals surface area contributed by atoms with E-state index in [1.807, 2.05) is 0 Å². The molecule has 0 aliphatic heterocycles. The van der Waals surface area contributed by atoms with Gasteiger partial charge in [-0.25, -0.2) is 15.0 Å². The van der Waals surface area contributed by atoms with Crippen LogP contribution in [0, 0.1) is 0 Å². The lowest BCUT2D eigenvalue weighted by molar-refractivity contribution is 0.304. The van der Waals surface area contributed by atoms with E-state index in [4.69, 9.17) is 24.4 Å². The number of rotatable bonds is 18. The molecule has 7 aromatic rings. The third-order valence-corrected chi connectivity index (χ3v) is 12.6. The highest BCUT2D eigenvalue weighted by atomic mass is 79.9. The Morgan fingerprint density at radius 1 is 0.464 bits per heavy atom. The molecule has 8 rings (SSSR count). The molecule has 0 unspecified atom stereocenters. The lowest BCUT2D eigenvalue weighted by Crippen LogP contribution is -2.00. The maximum Gasteiger partial charge on any atom is 0.119 e. The van der Waals surface area contributed by atoms with E-state index in [-0.39, 0.29) is 0 Å². The number of hydrogen-bond acceptors (Lipinski definition) is 5. The molecule has 0 saturated carbocycles. The van der Waals surface area contributed by atoms with Crippen molar-refractivity contribution in [1.29, 1.82) is 0 Å². The smallest absolute Gasteiger partial charge is 0.119 e. The van der Waals surface area contributed by atoms with Crippen LogP contribution in [-0.2, 0) is 0 Å². The van der Waals surface area contributed by atoms with Crippen molar-refractivity contribution in [1.82, 2.24) is 15.0 Å². The molecule has 0 fully saturated rings. The first-order chi connectivity index (χ1) is 27.6. The molecule has 7 heteroatoms. The molecule has 0 bridgehead atoms. The third-order valence-electron chi connectivity index (χ3n) is 11.0. The van der Waals surface area contributed by atoms with Gasteiger partial charge in [0.1, 0.15) is 22.5 Å². The van der Waals surface area contributed by atoms with Gasteiger partial charge in [0.2, 0.25) is 0 Å².